The molecule has 1 fully saturated rings. The fourth-order valence-electron chi connectivity index (χ4n) is 2.49. The van der Waals surface area contributed by atoms with Crippen molar-refractivity contribution >= 4 is 11.7 Å². The lowest BCUT2D eigenvalue weighted by Gasteiger charge is -2.51. The quantitative estimate of drug-likeness (QED) is 0.558. The Balaban J connectivity index is 1.99. The van der Waals surface area contributed by atoms with Crippen LogP contribution in [0.4, 0.5) is 5.82 Å². The van der Waals surface area contributed by atoms with Gasteiger partial charge in [-0.25, -0.2) is 10.8 Å². The third-order valence-corrected chi connectivity index (χ3v) is 3.98. The van der Waals surface area contributed by atoms with Crippen LogP contribution in [0.2, 0.25) is 0 Å². The Morgan fingerprint density at radius 2 is 2.30 bits per heavy atom. The van der Waals surface area contributed by atoms with E-state index in [1.54, 1.807) is 18.2 Å². The Morgan fingerprint density at radius 3 is 2.90 bits per heavy atom. The average Bonchev–Trinajstić information content (AvgIpc) is 2.46. The molecule has 6 nitrogen and oxygen atoms in total. The summed E-state index contributed by atoms with van der Waals surface area (Å²) in [6, 6.07) is 5.21. The fraction of sp³-hybridized carbons (Fsp3) is 0.571. The minimum Gasteiger partial charge on any atom is -0.378 e. The fourth-order valence-corrected chi connectivity index (χ4v) is 2.49. The van der Waals surface area contributed by atoms with Crippen LogP contribution in [0.5, 0.6) is 0 Å². The van der Waals surface area contributed by atoms with Gasteiger partial charge in [-0.15, -0.1) is 0 Å². The van der Waals surface area contributed by atoms with E-state index in [1.165, 1.54) is 0 Å². The molecule has 2 unspecified atom stereocenters. The molecule has 0 radical (unpaired) electrons. The molecule has 2 atom stereocenters. The minimum atomic E-state index is -0.185. The number of rotatable bonds is 5. The molecule has 0 saturated heterocycles. The Morgan fingerprint density at radius 1 is 1.55 bits per heavy atom. The van der Waals surface area contributed by atoms with Crippen molar-refractivity contribution in [2.45, 2.75) is 39.3 Å². The van der Waals surface area contributed by atoms with Crippen LogP contribution in [0.15, 0.2) is 18.2 Å². The average molecular weight is 278 g/mol. The van der Waals surface area contributed by atoms with Crippen molar-refractivity contribution in [1.29, 1.82) is 0 Å². The van der Waals surface area contributed by atoms with Gasteiger partial charge in [0.25, 0.3) is 5.91 Å². The highest BCUT2D eigenvalue weighted by Crippen LogP contribution is 2.42. The van der Waals surface area contributed by atoms with Crippen molar-refractivity contribution in [1.82, 2.24) is 10.3 Å². The van der Waals surface area contributed by atoms with E-state index < -0.39 is 0 Å². The zero-order valence-electron chi connectivity index (χ0n) is 12.1. The van der Waals surface area contributed by atoms with Crippen LogP contribution < -0.4 is 16.6 Å². The molecule has 6 heteroatoms. The van der Waals surface area contributed by atoms with Gasteiger partial charge < -0.3 is 15.5 Å². The normalized spacial score (nSPS) is 23.8. The van der Waals surface area contributed by atoms with Gasteiger partial charge in [-0.05, 0) is 25.5 Å². The smallest absolute Gasteiger partial charge is 0.270 e. The van der Waals surface area contributed by atoms with Gasteiger partial charge in [0.2, 0.25) is 0 Å². The molecule has 0 aliphatic heterocycles. The van der Waals surface area contributed by atoms with E-state index in [2.05, 4.69) is 29.6 Å². The second-order valence-corrected chi connectivity index (χ2v) is 5.58. The number of nitrogen functional groups attached to an aromatic ring is 1. The van der Waals surface area contributed by atoms with Crippen LogP contribution >= 0.6 is 0 Å². The molecule has 1 aromatic heterocycles. The molecule has 0 spiro atoms. The number of hydrogen-bond donors (Lipinski definition) is 3. The maximum Gasteiger partial charge on any atom is 0.270 e. The molecule has 1 saturated carbocycles. The number of ether oxygens (including phenoxy) is 1. The zero-order valence-corrected chi connectivity index (χ0v) is 12.1. The molecule has 1 aliphatic rings. The van der Waals surface area contributed by atoms with Crippen molar-refractivity contribution in [3.05, 3.63) is 23.9 Å². The van der Waals surface area contributed by atoms with Gasteiger partial charge in [0.05, 0.1) is 6.10 Å². The summed E-state index contributed by atoms with van der Waals surface area (Å²) in [5.74, 6) is 5.58. The third kappa shape index (κ3) is 2.76. The first-order valence-electron chi connectivity index (χ1n) is 6.85. The van der Waals surface area contributed by atoms with Crippen molar-refractivity contribution in [2.75, 3.05) is 12.0 Å². The Kier molecular flexibility index (Phi) is 4.25. The highest BCUT2D eigenvalue weighted by molar-refractivity contribution is 5.93. The van der Waals surface area contributed by atoms with Crippen molar-refractivity contribution < 1.29 is 9.53 Å². The van der Waals surface area contributed by atoms with Crippen molar-refractivity contribution in [3.63, 3.8) is 0 Å². The Labute approximate surface area is 119 Å². The summed E-state index contributed by atoms with van der Waals surface area (Å²) in [6.07, 6.45) is 1.03. The second-order valence-electron chi connectivity index (χ2n) is 5.58. The summed E-state index contributed by atoms with van der Waals surface area (Å²) in [6.45, 7) is 6.89. The molecule has 1 heterocycles. The van der Waals surface area contributed by atoms with Gasteiger partial charge in [0.1, 0.15) is 11.5 Å². The van der Waals surface area contributed by atoms with E-state index >= 15 is 0 Å². The number of nitrogens with two attached hydrogens (primary N) is 1. The van der Waals surface area contributed by atoms with E-state index in [1.807, 2.05) is 6.92 Å². The number of hydrogen-bond acceptors (Lipinski definition) is 5. The molecule has 0 bridgehead atoms. The molecule has 20 heavy (non-hydrogen) atoms. The second kappa shape index (κ2) is 5.76. The highest BCUT2D eigenvalue weighted by atomic mass is 16.5. The SMILES string of the molecule is CCOC1CC(NC(=O)c2cccc(NN)n2)C1(C)C. The van der Waals surface area contributed by atoms with Gasteiger partial charge in [-0.2, -0.15) is 0 Å². The summed E-state index contributed by atoms with van der Waals surface area (Å²) in [7, 11) is 0. The zero-order chi connectivity index (χ0) is 14.8. The molecule has 1 aromatic rings. The van der Waals surface area contributed by atoms with Gasteiger partial charge in [-0.1, -0.05) is 19.9 Å². The minimum absolute atomic E-state index is 0.0601. The summed E-state index contributed by atoms with van der Waals surface area (Å²) >= 11 is 0. The van der Waals surface area contributed by atoms with Crippen LogP contribution in [-0.4, -0.2) is 29.6 Å². The van der Waals surface area contributed by atoms with Gasteiger partial charge in [0.15, 0.2) is 0 Å². The van der Waals surface area contributed by atoms with Crippen LogP contribution in [-0.2, 0) is 4.74 Å². The summed E-state index contributed by atoms with van der Waals surface area (Å²) < 4.78 is 5.65. The third-order valence-electron chi connectivity index (χ3n) is 3.98. The lowest BCUT2D eigenvalue weighted by molar-refractivity contribution is -0.111. The van der Waals surface area contributed by atoms with Gasteiger partial charge in [-0.3, -0.25) is 4.79 Å². The van der Waals surface area contributed by atoms with E-state index in [9.17, 15) is 4.79 Å². The lowest BCUT2D eigenvalue weighted by Crippen LogP contribution is -2.62. The first-order valence-corrected chi connectivity index (χ1v) is 6.85. The molecule has 0 aromatic carbocycles. The first kappa shape index (κ1) is 14.7. The monoisotopic (exact) mass is 278 g/mol. The predicted octanol–water partition coefficient (Wildman–Crippen LogP) is 1.30. The Hall–Kier alpha value is -1.66. The predicted molar refractivity (Wildman–Crippen MR) is 77.1 cm³/mol. The number of carbonyl (C=O) groups is 1. The number of carbonyl (C=O) groups excluding carboxylic acids is 1. The molecule has 2 rings (SSSR count). The van der Waals surface area contributed by atoms with Gasteiger partial charge >= 0.3 is 0 Å². The van der Waals surface area contributed by atoms with E-state index in [-0.39, 0.29) is 23.5 Å². The highest BCUT2D eigenvalue weighted by Gasteiger charge is 2.49. The maximum atomic E-state index is 12.2. The van der Waals surface area contributed by atoms with Crippen molar-refractivity contribution in [3.8, 4) is 0 Å². The number of aromatic nitrogens is 1. The van der Waals surface area contributed by atoms with Gasteiger partial charge in [0, 0.05) is 18.1 Å². The molecular weight excluding hydrogens is 256 g/mol. The summed E-state index contributed by atoms with van der Waals surface area (Å²) in [4.78, 5) is 16.3. The largest absolute Gasteiger partial charge is 0.378 e. The summed E-state index contributed by atoms with van der Waals surface area (Å²) in [5.41, 5.74) is 2.73. The Bertz CT molecular complexity index is 490. The van der Waals surface area contributed by atoms with E-state index in [0.29, 0.717) is 18.1 Å². The van der Waals surface area contributed by atoms with Crippen LogP contribution in [0.3, 0.4) is 0 Å². The number of pyridine rings is 1. The van der Waals surface area contributed by atoms with E-state index in [0.717, 1.165) is 6.42 Å². The van der Waals surface area contributed by atoms with Crippen LogP contribution in [0.25, 0.3) is 0 Å². The van der Waals surface area contributed by atoms with Crippen LogP contribution in [0.1, 0.15) is 37.7 Å². The number of nitrogens with one attached hydrogen (secondary N) is 2. The summed E-state index contributed by atoms with van der Waals surface area (Å²) in [5, 5.41) is 3.01. The van der Waals surface area contributed by atoms with Crippen LogP contribution in [0, 0.1) is 5.41 Å². The molecular formula is C14H22N4O2. The maximum absolute atomic E-state index is 12.2. The van der Waals surface area contributed by atoms with Crippen molar-refractivity contribution in [2.24, 2.45) is 11.3 Å². The molecule has 1 amide bonds. The number of anilines is 1. The topological polar surface area (TPSA) is 89.3 Å². The number of amides is 1. The first-order chi connectivity index (χ1) is 9.48. The lowest BCUT2D eigenvalue weighted by atomic mass is 9.64. The molecule has 110 valence electrons. The van der Waals surface area contributed by atoms with E-state index in [4.69, 9.17) is 10.6 Å². The standard InChI is InChI=1S/C14H22N4O2/c1-4-20-11-8-10(14(11,2)3)17-13(19)9-6-5-7-12(16-9)18-15/h5-7,10-11H,4,8,15H2,1-3H3,(H,16,18)(H,17,19). The molecule has 4 N–H and O–H groups in total. The molecule has 1 aliphatic carbocycles. The number of nitrogens with zero attached hydrogens (tertiary/aromatic N) is 1. The number of hydrazine groups is 1.